The molecule has 0 saturated heterocycles. The van der Waals surface area contributed by atoms with Crippen LogP contribution in [0.3, 0.4) is 0 Å². The zero-order chi connectivity index (χ0) is 14.5. The van der Waals surface area contributed by atoms with Gasteiger partial charge < -0.3 is 4.74 Å². The molecule has 4 heteroatoms. The standard InChI is InChI=1S/C16H21N3O/c1-11(2)12-6-8-13(9-7-12)15(19-17)14-5-4-10-18-16(14)20-3/h4-11,15,19H,17H2,1-3H3. The average molecular weight is 271 g/mol. The SMILES string of the molecule is COc1ncccc1C(NN)c1ccc(C(C)C)cc1. The van der Waals surface area contributed by atoms with E-state index in [1.807, 2.05) is 12.1 Å². The maximum absolute atomic E-state index is 5.72. The number of hydrogen-bond donors (Lipinski definition) is 2. The summed E-state index contributed by atoms with van der Waals surface area (Å²) < 4.78 is 5.30. The molecule has 2 aromatic rings. The van der Waals surface area contributed by atoms with E-state index in [4.69, 9.17) is 10.6 Å². The summed E-state index contributed by atoms with van der Waals surface area (Å²) in [6, 6.07) is 12.1. The Kier molecular flexibility index (Phi) is 4.71. The summed E-state index contributed by atoms with van der Waals surface area (Å²) in [6.07, 6.45) is 1.71. The van der Waals surface area contributed by atoms with Crippen molar-refractivity contribution in [3.63, 3.8) is 0 Å². The largest absolute Gasteiger partial charge is 0.481 e. The molecule has 2 rings (SSSR count). The summed E-state index contributed by atoms with van der Waals surface area (Å²) in [5.74, 6) is 6.83. The molecule has 0 bridgehead atoms. The maximum atomic E-state index is 5.72. The molecule has 1 heterocycles. The van der Waals surface area contributed by atoms with Gasteiger partial charge in [-0.1, -0.05) is 44.2 Å². The lowest BCUT2D eigenvalue weighted by Gasteiger charge is -2.19. The van der Waals surface area contributed by atoms with Crippen LogP contribution in [0.15, 0.2) is 42.6 Å². The Balaban J connectivity index is 2.36. The molecular weight excluding hydrogens is 250 g/mol. The van der Waals surface area contributed by atoms with Crippen LogP contribution in [0.2, 0.25) is 0 Å². The van der Waals surface area contributed by atoms with Crippen LogP contribution in [0.5, 0.6) is 5.88 Å². The number of aromatic nitrogens is 1. The van der Waals surface area contributed by atoms with Gasteiger partial charge >= 0.3 is 0 Å². The first-order valence-electron chi connectivity index (χ1n) is 6.72. The molecule has 1 unspecified atom stereocenters. The third-order valence-corrected chi connectivity index (χ3v) is 3.41. The second kappa shape index (κ2) is 6.50. The summed E-state index contributed by atoms with van der Waals surface area (Å²) in [7, 11) is 1.61. The van der Waals surface area contributed by atoms with Gasteiger partial charge in [-0.05, 0) is 23.1 Å². The number of hydrogen-bond acceptors (Lipinski definition) is 4. The lowest BCUT2D eigenvalue weighted by molar-refractivity contribution is 0.387. The van der Waals surface area contributed by atoms with Gasteiger partial charge in [-0.2, -0.15) is 0 Å². The van der Waals surface area contributed by atoms with Crippen LogP contribution in [0.1, 0.15) is 42.5 Å². The molecule has 106 valence electrons. The van der Waals surface area contributed by atoms with Gasteiger partial charge in [-0.25, -0.2) is 10.4 Å². The summed E-state index contributed by atoms with van der Waals surface area (Å²) in [6.45, 7) is 4.36. The predicted molar refractivity (Wildman–Crippen MR) is 80.5 cm³/mol. The van der Waals surface area contributed by atoms with Crippen molar-refractivity contribution < 1.29 is 4.74 Å². The van der Waals surface area contributed by atoms with E-state index < -0.39 is 0 Å². The summed E-state index contributed by atoms with van der Waals surface area (Å²) >= 11 is 0. The normalized spacial score (nSPS) is 12.4. The molecule has 3 N–H and O–H groups in total. The van der Waals surface area contributed by atoms with Gasteiger partial charge in [0.15, 0.2) is 0 Å². The molecule has 4 nitrogen and oxygen atoms in total. The van der Waals surface area contributed by atoms with Crippen molar-refractivity contribution >= 4 is 0 Å². The van der Waals surface area contributed by atoms with Gasteiger partial charge in [-0.3, -0.25) is 5.84 Å². The van der Waals surface area contributed by atoms with E-state index in [2.05, 4.69) is 48.5 Å². The maximum Gasteiger partial charge on any atom is 0.218 e. The number of pyridine rings is 1. The molecule has 0 aliphatic rings. The van der Waals surface area contributed by atoms with Crippen molar-refractivity contribution in [1.29, 1.82) is 0 Å². The van der Waals surface area contributed by atoms with Gasteiger partial charge in [0.1, 0.15) is 0 Å². The van der Waals surface area contributed by atoms with Crippen LogP contribution in [0.25, 0.3) is 0 Å². The summed E-state index contributed by atoms with van der Waals surface area (Å²) in [5.41, 5.74) is 6.16. The van der Waals surface area contributed by atoms with Gasteiger partial charge in [-0.15, -0.1) is 0 Å². The number of nitrogens with two attached hydrogens (primary N) is 1. The molecular formula is C16H21N3O. The molecule has 0 aliphatic heterocycles. The lowest BCUT2D eigenvalue weighted by atomic mass is 9.96. The lowest BCUT2D eigenvalue weighted by Crippen LogP contribution is -2.29. The van der Waals surface area contributed by atoms with Crippen molar-refractivity contribution in [2.24, 2.45) is 5.84 Å². The predicted octanol–water partition coefficient (Wildman–Crippen LogP) is 2.77. The van der Waals surface area contributed by atoms with Crippen LogP contribution >= 0.6 is 0 Å². The van der Waals surface area contributed by atoms with Crippen LogP contribution in [0.4, 0.5) is 0 Å². The number of rotatable bonds is 5. The fourth-order valence-electron chi connectivity index (χ4n) is 2.23. The number of benzene rings is 1. The highest BCUT2D eigenvalue weighted by atomic mass is 16.5. The molecule has 0 radical (unpaired) electrons. The van der Waals surface area contributed by atoms with Gasteiger partial charge in [0, 0.05) is 11.8 Å². The molecule has 0 spiro atoms. The zero-order valence-corrected chi connectivity index (χ0v) is 12.1. The number of nitrogens with zero attached hydrogens (tertiary/aromatic N) is 1. The Bertz CT molecular complexity index is 552. The quantitative estimate of drug-likeness (QED) is 0.648. The van der Waals surface area contributed by atoms with Crippen LogP contribution in [0, 0.1) is 0 Å². The monoisotopic (exact) mass is 271 g/mol. The zero-order valence-electron chi connectivity index (χ0n) is 12.1. The fourth-order valence-corrected chi connectivity index (χ4v) is 2.23. The van der Waals surface area contributed by atoms with Gasteiger partial charge in [0.2, 0.25) is 5.88 Å². The minimum Gasteiger partial charge on any atom is -0.481 e. The molecule has 20 heavy (non-hydrogen) atoms. The number of nitrogens with one attached hydrogen (secondary N) is 1. The van der Waals surface area contributed by atoms with E-state index in [0.717, 1.165) is 11.1 Å². The molecule has 1 aromatic carbocycles. The third-order valence-electron chi connectivity index (χ3n) is 3.41. The molecule has 0 amide bonds. The van der Waals surface area contributed by atoms with E-state index in [9.17, 15) is 0 Å². The van der Waals surface area contributed by atoms with Crippen LogP contribution in [-0.2, 0) is 0 Å². The van der Waals surface area contributed by atoms with E-state index in [0.29, 0.717) is 11.8 Å². The van der Waals surface area contributed by atoms with Crippen LogP contribution < -0.4 is 16.0 Å². The highest BCUT2D eigenvalue weighted by molar-refractivity contribution is 5.38. The van der Waals surface area contributed by atoms with E-state index >= 15 is 0 Å². The fraction of sp³-hybridized carbons (Fsp3) is 0.312. The Morgan fingerprint density at radius 3 is 2.30 bits per heavy atom. The first-order chi connectivity index (χ1) is 9.67. The number of ether oxygens (including phenoxy) is 1. The first kappa shape index (κ1) is 14.5. The Morgan fingerprint density at radius 2 is 1.75 bits per heavy atom. The van der Waals surface area contributed by atoms with Gasteiger partial charge in [0.25, 0.3) is 0 Å². The van der Waals surface area contributed by atoms with Crippen molar-refractivity contribution in [2.75, 3.05) is 7.11 Å². The Morgan fingerprint density at radius 1 is 1.10 bits per heavy atom. The molecule has 1 atom stereocenters. The van der Waals surface area contributed by atoms with Crippen molar-refractivity contribution in [1.82, 2.24) is 10.4 Å². The molecule has 0 aliphatic carbocycles. The topological polar surface area (TPSA) is 60.2 Å². The smallest absolute Gasteiger partial charge is 0.218 e. The Labute approximate surface area is 120 Å². The number of methoxy groups -OCH3 is 1. The first-order valence-corrected chi connectivity index (χ1v) is 6.72. The second-order valence-electron chi connectivity index (χ2n) is 5.02. The highest BCUT2D eigenvalue weighted by Crippen LogP contribution is 2.28. The molecule has 0 fully saturated rings. The summed E-state index contributed by atoms with van der Waals surface area (Å²) in [4.78, 5) is 4.22. The Hall–Kier alpha value is -1.91. The highest BCUT2D eigenvalue weighted by Gasteiger charge is 2.17. The minimum atomic E-state index is -0.139. The van der Waals surface area contributed by atoms with Crippen LogP contribution in [-0.4, -0.2) is 12.1 Å². The minimum absolute atomic E-state index is 0.139. The van der Waals surface area contributed by atoms with E-state index in [-0.39, 0.29) is 6.04 Å². The average Bonchev–Trinajstić information content (AvgIpc) is 2.49. The van der Waals surface area contributed by atoms with Gasteiger partial charge in [0.05, 0.1) is 13.2 Å². The summed E-state index contributed by atoms with van der Waals surface area (Å²) in [5, 5.41) is 0. The molecule has 0 saturated carbocycles. The van der Waals surface area contributed by atoms with E-state index in [1.54, 1.807) is 13.3 Å². The number of hydrazine groups is 1. The second-order valence-corrected chi connectivity index (χ2v) is 5.02. The molecule has 1 aromatic heterocycles. The van der Waals surface area contributed by atoms with Crippen molar-refractivity contribution in [3.8, 4) is 5.88 Å². The van der Waals surface area contributed by atoms with E-state index in [1.165, 1.54) is 5.56 Å². The third kappa shape index (κ3) is 2.98. The van der Waals surface area contributed by atoms with Crippen molar-refractivity contribution in [2.45, 2.75) is 25.8 Å². The van der Waals surface area contributed by atoms with Crippen molar-refractivity contribution in [3.05, 3.63) is 59.3 Å².